The van der Waals surface area contributed by atoms with Crippen molar-refractivity contribution in [1.29, 1.82) is 0 Å². The highest BCUT2D eigenvalue weighted by molar-refractivity contribution is 7.91. The number of carbonyl (C=O) groups is 1. The van der Waals surface area contributed by atoms with Crippen LogP contribution in [0.3, 0.4) is 0 Å². The third kappa shape index (κ3) is 7.21. The van der Waals surface area contributed by atoms with Crippen LogP contribution in [0.4, 0.5) is 0 Å². The molecule has 0 amide bonds. The van der Waals surface area contributed by atoms with E-state index in [1.807, 2.05) is 25.1 Å². The van der Waals surface area contributed by atoms with Gasteiger partial charge >= 0.3 is 5.97 Å². The van der Waals surface area contributed by atoms with E-state index in [2.05, 4.69) is 75.5 Å². The first-order valence-electron chi connectivity index (χ1n) is 23.4. The summed E-state index contributed by atoms with van der Waals surface area (Å²) in [6, 6.07) is 5.63. The molecule has 326 valence electrons. The lowest BCUT2D eigenvalue weighted by Crippen LogP contribution is -2.68. The van der Waals surface area contributed by atoms with Crippen molar-refractivity contribution in [3.8, 4) is 5.88 Å². The highest BCUT2D eigenvalue weighted by atomic mass is 32.2. The number of esters is 1. The monoisotopic (exact) mass is 830 g/mol. The zero-order chi connectivity index (χ0) is 42.1. The fourth-order valence-electron chi connectivity index (χ4n) is 15.5. The molecule has 59 heavy (non-hydrogen) atoms. The van der Waals surface area contributed by atoms with Crippen molar-refractivity contribution < 1.29 is 22.7 Å². The highest BCUT2D eigenvalue weighted by Crippen LogP contribution is 2.76. The van der Waals surface area contributed by atoms with Crippen molar-refractivity contribution in [3.05, 3.63) is 59.8 Å². The van der Waals surface area contributed by atoms with Gasteiger partial charge in [-0.1, -0.05) is 65.0 Å². The molecular weight excluding hydrogens is 755 g/mol. The van der Waals surface area contributed by atoms with E-state index in [0.29, 0.717) is 79.5 Å². The summed E-state index contributed by atoms with van der Waals surface area (Å²) in [4.78, 5) is 20.2. The third-order valence-electron chi connectivity index (χ3n) is 18.8. The minimum Gasteiger partial charge on any atom is -0.476 e. The maximum atomic E-state index is 13.5. The first-order valence-corrected chi connectivity index (χ1v) is 25.2. The molecule has 8 nitrogen and oxygen atoms in total. The lowest BCUT2D eigenvalue weighted by molar-refractivity contribution is -0.221. The van der Waals surface area contributed by atoms with Crippen LogP contribution in [0.15, 0.2) is 59.8 Å². The van der Waals surface area contributed by atoms with Crippen LogP contribution in [0.1, 0.15) is 126 Å². The number of hydrogen-bond acceptors (Lipinski definition) is 8. The lowest BCUT2D eigenvalue weighted by atomic mass is 9.33. The van der Waals surface area contributed by atoms with Crippen molar-refractivity contribution >= 4 is 15.8 Å². The summed E-state index contributed by atoms with van der Waals surface area (Å²) in [5.74, 6) is 4.09. The number of rotatable bonds is 11. The minimum absolute atomic E-state index is 0.0347. The Hall–Kier alpha value is -2.49. The van der Waals surface area contributed by atoms with Gasteiger partial charge in [-0.2, -0.15) is 0 Å². The summed E-state index contributed by atoms with van der Waals surface area (Å²) in [5, 5.41) is 4.24. The molecule has 0 aromatic carbocycles. The minimum atomic E-state index is -2.87. The number of carbonyl (C=O) groups excluding carboxylic acids is 1. The molecule has 1 saturated heterocycles. The van der Waals surface area contributed by atoms with Crippen molar-refractivity contribution in [2.75, 3.05) is 50.9 Å². The van der Waals surface area contributed by atoms with E-state index in [4.69, 9.17) is 9.47 Å². The number of allylic oxidation sites excluding steroid dienone is 5. The van der Waals surface area contributed by atoms with Crippen molar-refractivity contribution in [2.24, 2.45) is 56.7 Å². The van der Waals surface area contributed by atoms with E-state index in [-0.39, 0.29) is 39.8 Å². The maximum absolute atomic E-state index is 13.5. The Balaban J connectivity index is 1.01. The second-order valence-corrected chi connectivity index (χ2v) is 24.0. The van der Waals surface area contributed by atoms with Crippen LogP contribution < -0.4 is 10.1 Å². The second kappa shape index (κ2) is 15.7. The fraction of sp³-hybridized carbons (Fsp3) is 0.760. The Morgan fingerprint density at radius 3 is 2.39 bits per heavy atom. The van der Waals surface area contributed by atoms with Gasteiger partial charge in [0, 0.05) is 44.0 Å². The predicted molar refractivity (Wildman–Crippen MR) is 237 cm³/mol. The van der Waals surface area contributed by atoms with Gasteiger partial charge in [-0.3, -0.25) is 4.79 Å². The molecule has 9 heteroatoms. The summed E-state index contributed by atoms with van der Waals surface area (Å²) in [6.45, 7) is 25.9. The normalized spacial score (nSPS) is 41.2. The van der Waals surface area contributed by atoms with E-state index in [9.17, 15) is 13.2 Å². The Morgan fingerprint density at radius 2 is 1.71 bits per heavy atom. The smallest absolute Gasteiger partial charge is 0.315 e. The number of sulfone groups is 1. The molecule has 1 aromatic heterocycles. The molecule has 0 radical (unpaired) electrons. The molecule has 1 N–H and O–H groups in total. The Bertz CT molecular complexity index is 1930. The van der Waals surface area contributed by atoms with Crippen LogP contribution in [0, 0.1) is 56.7 Å². The predicted octanol–water partition coefficient (Wildman–Crippen LogP) is 9.39. The molecule has 6 aliphatic carbocycles. The summed E-state index contributed by atoms with van der Waals surface area (Å²) < 4.78 is 36.0. The van der Waals surface area contributed by atoms with Crippen LogP contribution in [0.5, 0.6) is 5.88 Å². The zero-order valence-electron chi connectivity index (χ0n) is 37.5. The first kappa shape index (κ1) is 43.2. The second-order valence-electron chi connectivity index (χ2n) is 21.7. The van der Waals surface area contributed by atoms with Gasteiger partial charge in [0.2, 0.25) is 5.88 Å². The van der Waals surface area contributed by atoms with E-state index in [1.165, 1.54) is 68.1 Å². The van der Waals surface area contributed by atoms with Gasteiger partial charge in [0.05, 0.1) is 18.1 Å². The molecule has 1 aliphatic heterocycles. The topological polar surface area (TPSA) is 97.8 Å². The van der Waals surface area contributed by atoms with Crippen LogP contribution in [0.25, 0.3) is 0 Å². The lowest BCUT2D eigenvalue weighted by Gasteiger charge is -2.72. The first-order chi connectivity index (χ1) is 27.9. The SMILES string of the molecule is C=C(C)[C@@H]1CC[C@]2(NCCN3CCS(=O)(=O)CC3)CC[C@]3(C)[C@H](CCC4[C@@]5(C)CC=C(C6=CCC(COc7ccccn7)(C(=O)OCC)CC6)C(C)(C)C5CC[C@]43C)C12. The third-order valence-corrected chi connectivity index (χ3v) is 20.4. The van der Waals surface area contributed by atoms with Crippen LogP contribution in [-0.4, -0.2) is 80.7 Å². The highest BCUT2D eigenvalue weighted by Gasteiger charge is 2.70. The summed E-state index contributed by atoms with van der Waals surface area (Å²) >= 11 is 0. The van der Waals surface area contributed by atoms with E-state index >= 15 is 0 Å². The van der Waals surface area contributed by atoms with E-state index < -0.39 is 15.3 Å². The van der Waals surface area contributed by atoms with Crippen LogP contribution >= 0.6 is 0 Å². The standard InChI is InChI=1S/C50H75N3O5S/c1-9-57-44(54)49(34-58-42-12-10-11-27-51-42)22-15-36(16-23-49)38-18-20-46(6)40(45(38,4)5)19-21-48(8)41(46)14-13-39-43-37(35(2)3)17-24-50(43,26-25-47(39,48)7)52-28-29-53-30-32-59(55,56)33-31-53/h10-12,15,18,27,37,39-41,43,52H,2,9,13-14,16-17,19-26,28-34H2,1,3-8H3/t37-,39+,40?,41?,43?,46-,47+,48+,49?,50-/m0/s1. The molecular formula is C50H75N3O5S. The largest absolute Gasteiger partial charge is 0.476 e. The molecule has 0 spiro atoms. The average molecular weight is 830 g/mol. The van der Waals surface area contributed by atoms with Crippen molar-refractivity contribution in [1.82, 2.24) is 15.2 Å². The average Bonchev–Trinajstić information content (AvgIpc) is 3.59. The molecule has 4 unspecified atom stereocenters. The number of nitrogens with zero attached hydrogens (tertiary/aromatic N) is 2. The van der Waals surface area contributed by atoms with Gasteiger partial charge in [0.25, 0.3) is 0 Å². The van der Waals surface area contributed by atoms with E-state index in [0.717, 1.165) is 25.9 Å². The van der Waals surface area contributed by atoms with Gasteiger partial charge < -0.3 is 19.7 Å². The zero-order valence-corrected chi connectivity index (χ0v) is 38.4. The summed E-state index contributed by atoms with van der Waals surface area (Å²) in [5.41, 5.74) is 4.55. The Kier molecular flexibility index (Phi) is 11.5. The summed E-state index contributed by atoms with van der Waals surface area (Å²) in [6.07, 6.45) is 20.2. The fourth-order valence-corrected chi connectivity index (χ4v) is 16.8. The maximum Gasteiger partial charge on any atom is 0.315 e. The van der Waals surface area contributed by atoms with Crippen LogP contribution in [0.2, 0.25) is 0 Å². The molecule has 2 heterocycles. The van der Waals surface area contributed by atoms with Crippen molar-refractivity contribution in [3.63, 3.8) is 0 Å². The van der Waals surface area contributed by atoms with Crippen molar-refractivity contribution in [2.45, 2.75) is 131 Å². The molecule has 5 fully saturated rings. The van der Waals surface area contributed by atoms with E-state index in [1.54, 1.807) is 6.20 Å². The van der Waals surface area contributed by atoms with Gasteiger partial charge in [-0.05, 0) is 159 Å². The Labute approximate surface area is 356 Å². The van der Waals surface area contributed by atoms with Gasteiger partial charge in [0.1, 0.15) is 12.0 Å². The molecule has 10 atom stereocenters. The summed E-state index contributed by atoms with van der Waals surface area (Å²) in [7, 11) is -2.87. The van der Waals surface area contributed by atoms with Gasteiger partial charge in [-0.25, -0.2) is 13.4 Å². The molecule has 0 bridgehead atoms. The van der Waals surface area contributed by atoms with Gasteiger partial charge in [-0.15, -0.1) is 0 Å². The number of nitrogens with one attached hydrogen (secondary N) is 1. The number of hydrogen-bond donors (Lipinski definition) is 1. The number of ether oxygens (including phenoxy) is 2. The molecule has 4 saturated carbocycles. The van der Waals surface area contributed by atoms with Crippen LogP contribution in [-0.2, 0) is 19.4 Å². The number of fused-ring (bicyclic) bond motifs is 7. The molecule has 1 aromatic rings. The molecule has 7 aliphatic rings. The number of pyridine rings is 1. The Morgan fingerprint density at radius 1 is 0.932 bits per heavy atom. The number of aromatic nitrogens is 1. The van der Waals surface area contributed by atoms with Gasteiger partial charge in [0.15, 0.2) is 9.84 Å². The quantitative estimate of drug-likeness (QED) is 0.174. The molecule has 8 rings (SSSR count).